The summed E-state index contributed by atoms with van der Waals surface area (Å²) < 4.78 is 30.8. The predicted molar refractivity (Wildman–Crippen MR) is 88.1 cm³/mol. The molecule has 0 heterocycles. The Labute approximate surface area is 137 Å². The molecule has 1 aromatic carbocycles. The molecule has 1 N–H and O–H groups in total. The van der Waals surface area contributed by atoms with Crippen LogP contribution >= 0.6 is 0 Å². The van der Waals surface area contributed by atoms with Gasteiger partial charge in [0.2, 0.25) is 0 Å². The molecular weight excluding hydrogens is 316 g/mol. The Morgan fingerprint density at radius 1 is 1.30 bits per heavy atom. The van der Waals surface area contributed by atoms with Crippen LogP contribution in [-0.4, -0.2) is 37.5 Å². The van der Waals surface area contributed by atoms with E-state index >= 15 is 0 Å². The number of hydrogen-bond donors (Lipinski definition) is 1. The fourth-order valence-corrected chi connectivity index (χ4v) is 2.87. The second-order valence-corrected chi connectivity index (χ2v) is 7.81. The van der Waals surface area contributed by atoms with Crippen LogP contribution < -0.4 is 5.32 Å². The Balaban J connectivity index is 2.69. The summed E-state index contributed by atoms with van der Waals surface area (Å²) in [4.78, 5) is 11.6. The van der Waals surface area contributed by atoms with Crippen LogP contribution in [0.2, 0.25) is 0 Å². The van der Waals surface area contributed by atoms with E-state index in [0.29, 0.717) is 0 Å². The zero-order chi connectivity index (χ0) is 17.7. The van der Waals surface area contributed by atoms with E-state index in [-0.39, 0.29) is 18.0 Å². The fraction of sp³-hybridized carbons (Fsp3) is 0.438. The van der Waals surface area contributed by atoms with Gasteiger partial charge in [0.15, 0.2) is 0 Å². The number of hydrogen-bond acceptors (Lipinski definition) is 4. The maximum atomic E-state index is 12.4. The molecular formula is C16H22N2O4S. The third kappa shape index (κ3) is 5.83. The molecule has 0 radical (unpaired) electrons. The van der Waals surface area contributed by atoms with Gasteiger partial charge in [-0.25, -0.2) is 17.5 Å². The molecule has 0 aromatic heterocycles. The van der Waals surface area contributed by atoms with Gasteiger partial charge in [0.05, 0.1) is 11.4 Å². The third-order valence-corrected chi connectivity index (χ3v) is 4.47. The van der Waals surface area contributed by atoms with E-state index in [1.807, 2.05) is 6.92 Å². The lowest BCUT2D eigenvalue weighted by molar-refractivity contribution is 0.0527. The number of alkyl carbamates (subject to hydrolysis) is 1. The van der Waals surface area contributed by atoms with Gasteiger partial charge in [0.25, 0.3) is 10.0 Å². The molecule has 0 aliphatic rings. The average Bonchev–Trinajstić information content (AvgIpc) is 2.42. The van der Waals surface area contributed by atoms with Crippen LogP contribution in [0, 0.1) is 19.4 Å². The summed E-state index contributed by atoms with van der Waals surface area (Å²) in [5.41, 5.74) is 0.326. The van der Waals surface area contributed by atoms with Crippen LogP contribution in [0.5, 0.6) is 0 Å². The molecule has 0 unspecified atom stereocenters. The van der Waals surface area contributed by atoms with Gasteiger partial charge in [0, 0.05) is 12.6 Å². The number of carbonyl (C=O) groups excluding carboxylic acids is 1. The van der Waals surface area contributed by atoms with Crippen molar-refractivity contribution in [2.24, 2.45) is 0 Å². The zero-order valence-corrected chi connectivity index (χ0v) is 14.6. The minimum absolute atomic E-state index is 0.0458. The number of ether oxygens (including phenoxy) is 1. The van der Waals surface area contributed by atoms with Crippen LogP contribution in [-0.2, 0) is 14.8 Å². The molecule has 1 aromatic rings. The summed E-state index contributed by atoms with van der Waals surface area (Å²) in [7, 11) is -3.80. The lowest BCUT2D eigenvalue weighted by atomic mass is 10.2. The van der Waals surface area contributed by atoms with Crippen molar-refractivity contribution in [3.05, 3.63) is 29.8 Å². The smallest absolute Gasteiger partial charge is 0.407 e. The van der Waals surface area contributed by atoms with Crippen molar-refractivity contribution < 1.29 is 17.9 Å². The van der Waals surface area contributed by atoms with Crippen molar-refractivity contribution >= 4 is 16.1 Å². The highest BCUT2D eigenvalue weighted by Crippen LogP contribution is 2.15. The molecule has 6 nitrogen and oxygen atoms in total. The number of amides is 1. The van der Waals surface area contributed by atoms with Crippen molar-refractivity contribution in [2.45, 2.75) is 38.2 Å². The molecule has 7 heteroatoms. The number of carbonyl (C=O) groups is 1. The lowest BCUT2D eigenvalue weighted by Crippen LogP contribution is -2.38. The van der Waals surface area contributed by atoms with E-state index in [2.05, 4.69) is 11.4 Å². The number of benzene rings is 1. The van der Waals surface area contributed by atoms with Crippen molar-refractivity contribution in [1.82, 2.24) is 9.62 Å². The molecule has 0 spiro atoms. The Kier molecular flexibility index (Phi) is 6.05. The van der Waals surface area contributed by atoms with Gasteiger partial charge in [0.1, 0.15) is 5.60 Å². The number of aryl methyl sites for hydroxylation is 1. The van der Waals surface area contributed by atoms with Gasteiger partial charge in [-0.2, -0.15) is 0 Å². The first-order valence-corrected chi connectivity index (χ1v) is 8.53. The summed E-state index contributed by atoms with van der Waals surface area (Å²) in [5.74, 6) is 0. The first-order valence-electron chi connectivity index (χ1n) is 7.09. The molecule has 0 saturated heterocycles. The van der Waals surface area contributed by atoms with Crippen LogP contribution in [0.25, 0.3) is 0 Å². The van der Waals surface area contributed by atoms with E-state index in [9.17, 15) is 13.2 Å². The van der Waals surface area contributed by atoms with Gasteiger partial charge >= 0.3 is 6.09 Å². The second-order valence-electron chi connectivity index (χ2n) is 5.95. The average molecular weight is 338 g/mol. The summed E-state index contributed by atoms with van der Waals surface area (Å²) in [6, 6.07) is 8.51. The molecule has 126 valence electrons. The Morgan fingerprint density at radius 3 is 2.35 bits per heavy atom. The van der Waals surface area contributed by atoms with E-state index in [1.165, 1.54) is 12.1 Å². The molecule has 1 rings (SSSR count). The minimum atomic E-state index is -3.80. The van der Waals surface area contributed by atoms with Gasteiger partial charge in [-0.15, -0.1) is 0 Å². The standard InChI is InChI=1S/C16H22N2O4S/c1-6-18(12-11-17-15(19)22-16(3,4)5)23(20,21)14-9-7-13(2)8-10-14/h1,7-10H,11-12H2,2-5H3,(H,17,19). The van der Waals surface area contributed by atoms with E-state index < -0.39 is 21.7 Å². The van der Waals surface area contributed by atoms with E-state index in [1.54, 1.807) is 32.9 Å². The molecule has 1 amide bonds. The first kappa shape index (κ1) is 18.8. The zero-order valence-electron chi connectivity index (χ0n) is 13.8. The SMILES string of the molecule is C#CN(CCNC(=O)OC(C)(C)C)S(=O)(=O)c1ccc(C)cc1. The van der Waals surface area contributed by atoms with Crippen LogP contribution in [0.1, 0.15) is 26.3 Å². The maximum Gasteiger partial charge on any atom is 0.407 e. The molecule has 0 atom stereocenters. The second kappa shape index (κ2) is 7.38. The predicted octanol–water partition coefficient (Wildman–Crippen LogP) is 2.10. The van der Waals surface area contributed by atoms with Crippen LogP contribution in [0.3, 0.4) is 0 Å². The normalized spacial score (nSPS) is 11.4. The van der Waals surface area contributed by atoms with E-state index in [0.717, 1.165) is 9.87 Å². The van der Waals surface area contributed by atoms with E-state index in [4.69, 9.17) is 11.2 Å². The van der Waals surface area contributed by atoms with Gasteiger partial charge in [-0.3, -0.25) is 0 Å². The topological polar surface area (TPSA) is 75.7 Å². The number of nitrogens with one attached hydrogen (secondary N) is 1. The number of terminal acetylenes is 1. The highest BCUT2D eigenvalue weighted by atomic mass is 32.2. The number of nitrogens with zero attached hydrogens (tertiary/aromatic N) is 1. The largest absolute Gasteiger partial charge is 0.444 e. The minimum Gasteiger partial charge on any atom is -0.444 e. The Hall–Kier alpha value is -2.20. The van der Waals surface area contributed by atoms with Crippen molar-refractivity contribution in [3.8, 4) is 12.5 Å². The van der Waals surface area contributed by atoms with Crippen LogP contribution in [0.4, 0.5) is 4.79 Å². The monoisotopic (exact) mass is 338 g/mol. The maximum absolute atomic E-state index is 12.4. The first-order chi connectivity index (χ1) is 10.6. The summed E-state index contributed by atoms with van der Waals surface area (Å²) in [6.07, 6.45) is 4.67. The molecule has 0 fully saturated rings. The summed E-state index contributed by atoms with van der Waals surface area (Å²) in [6.45, 7) is 7.07. The van der Waals surface area contributed by atoms with Crippen molar-refractivity contribution in [1.29, 1.82) is 0 Å². The molecule has 0 aliphatic carbocycles. The quantitative estimate of drug-likeness (QED) is 0.659. The van der Waals surface area contributed by atoms with Crippen molar-refractivity contribution in [2.75, 3.05) is 13.1 Å². The molecule has 0 saturated carbocycles. The Bertz CT molecular complexity index is 682. The van der Waals surface area contributed by atoms with Gasteiger partial charge in [-0.05, 0) is 39.8 Å². The fourth-order valence-electron chi connectivity index (χ4n) is 1.67. The van der Waals surface area contributed by atoms with Gasteiger partial charge < -0.3 is 10.1 Å². The van der Waals surface area contributed by atoms with Crippen LogP contribution in [0.15, 0.2) is 29.2 Å². The third-order valence-electron chi connectivity index (χ3n) is 2.74. The molecule has 0 bridgehead atoms. The number of rotatable bonds is 5. The number of sulfonamides is 1. The molecule has 23 heavy (non-hydrogen) atoms. The highest BCUT2D eigenvalue weighted by molar-refractivity contribution is 7.89. The summed E-state index contributed by atoms with van der Waals surface area (Å²) >= 11 is 0. The lowest BCUT2D eigenvalue weighted by Gasteiger charge is -2.21. The molecule has 0 aliphatic heterocycles. The Morgan fingerprint density at radius 2 is 1.87 bits per heavy atom. The summed E-state index contributed by atoms with van der Waals surface area (Å²) in [5, 5.41) is 2.47. The van der Waals surface area contributed by atoms with Crippen molar-refractivity contribution in [3.63, 3.8) is 0 Å². The highest BCUT2D eigenvalue weighted by Gasteiger charge is 2.22. The van der Waals surface area contributed by atoms with Gasteiger partial charge in [-0.1, -0.05) is 24.1 Å².